The van der Waals surface area contributed by atoms with Crippen LogP contribution in [0, 0.1) is 5.82 Å². The number of hydrogen-bond acceptors (Lipinski definition) is 1. The molecule has 2 heteroatoms. The lowest BCUT2D eigenvalue weighted by atomic mass is 9.99. The Labute approximate surface area is 101 Å². The highest BCUT2D eigenvalue weighted by Crippen LogP contribution is 2.24. The molecule has 1 nitrogen and oxygen atoms in total. The van der Waals surface area contributed by atoms with Gasteiger partial charge in [0.15, 0.2) is 0 Å². The third-order valence-corrected chi connectivity index (χ3v) is 3.32. The van der Waals surface area contributed by atoms with Crippen molar-refractivity contribution in [2.45, 2.75) is 13.0 Å². The van der Waals surface area contributed by atoms with E-state index in [-0.39, 0.29) is 5.82 Å². The first kappa shape index (κ1) is 10.3. The highest BCUT2D eigenvalue weighted by atomic mass is 19.1. The molecule has 0 aliphatic carbocycles. The van der Waals surface area contributed by atoms with Crippen LogP contribution in [0.25, 0.3) is 0 Å². The summed E-state index contributed by atoms with van der Waals surface area (Å²) in [6, 6.07) is 15.3. The van der Waals surface area contributed by atoms with Crippen molar-refractivity contribution in [1.82, 2.24) is 0 Å². The molecule has 2 aromatic carbocycles. The van der Waals surface area contributed by atoms with Crippen molar-refractivity contribution in [3.8, 4) is 0 Å². The summed E-state index contributed by atoms with van der Waals surface area (Å²) in [5.74, 6) is -0.175. The molecule has 86 valence electrons. The molecule has 1 aliphatic heterocycles. The normalized spacial score (nSPS) is 14.5. The maximum atomic E-state index is 12.9. The Morgan fingerprint density at radius 2 is 1.59 bits per heavy atom. The number of hydrogen-bond donors (Lipinski definition) is 0. The fourth-order valence-corrected chi connectivity index (χ4v) is 2.37. The Hall–Kier alpha value is -1.83. The van der Waals surface area contributed by atoms with E-state index in [9.17, 15) is 4.39 Å². The number of benzene rings is 2. The average Bonchev–Trinajstić information content (AvgIpc) is 2.39. The monoisotopic (exact) mass is 227 g/mol. The summed E-state index contributed by atoms with van der Waals surface area (Å²) in [7, 11) is 0. The van der Waals surface area contributed by atoms with Gasteiger partial charge < -0.3 is 4.90 Å². The van der Waals surface area contributed by atoms with Gasteiger partial charge in [-0.2, -0.15) is 0 Å². The number of anilines is 1. The van der Waals surface area contributed by atoms with E-state index in [1.807, 2.05) is 12.1 Å². The van der Waals surface area contributed by atoms with Gasteiger partial charge in [-0.15, -0.1) is 0 Å². The van der Waals surface area contributed by atoms with Crippen LogP contribution in [0.3, 0.4) is 0 Å². The van der Waals surface area contributed by atoms with E-state index in [0.717, 1.165) is 25.2 Å². The van der Waals surface area contributed by atoms with Crippen LogP contribution in [0.15, 0.2) is 48.5 Å². The van der Waals surface area contributed by atoms with Gasteiger partial charge in [-0.25, -0.2) is 4.39 Å². The standard InChI is InChI=1S/C15H14FN/c16-14-5-7-15(8-6-14)17-10-9-12-3-1-2-4-13(12)11-17/h1-8H,9-11H2. The molecule has 3 rings (SSSR count). The summed E-state index contributed by atoms with van der Waals surface area (Å²) in [5, 5.41) is 0. The number of rotatable bonds is 1. The second-order valence-corrected chi connectivity index (χ2v) is 4.42. The summed E-state index contributed by atoms with van der Waals surface area (Å²) in [6.45, 7) is 1.92. The van der Waals surface area contributed by atoms with Crippen molar-refractivity contribution in [3.63, 3.8) is 0 Å². The molecular weight excluding hydrogens is 213 g/mol. The van der Waals surface area contributed by atoms with Crippen molar-refractivity contribution in [2.24, 2.45) is 0 Å². The van der Waals surface area contributed by atoms with E-state index in [2.05, 4.69) is 29.2 Å². The Kier molecular flexibility index (Phi) is 2.56. The van der Waals surface area contributed by atoms with Gasteiger partial charge in [-0.3, -0.25) is 0 Å². The molecule has 0 bridgehead atoms. The van der Waals surface area contributed by atoms with Crippen molar-refractivity contribution < 1.29 is 4.39 Å². The molecule has 0 spiro atoms. The fraction of sp³-hybridized carbons (Fsp3) is 0.200. The lowest BCUT2D eigenvalue weighted by molar-refractivity contribution is 0.627. The van der Waals surface area contributed by atoms with Gasteiger partial charge in [0.05, 0.1) is 0 Å². The maximum Gasteiger partial charge on any atom is 0.123 e. The maximum absolute atomic E-state index is 12.9. The molecule has 0 amide bonds. The second-order valence-electron chi connectivity index (χ2n) is 4.42. The summed E-state index contributed by atoms with van der Waals surface area (Å²) in [4.78, 5) is 2.29. The zero-order valence-corrected chi connectivity index (χ0v) is 9.57. The molecule has 0 aromatic heterocycles. The first-order valence-corrected chi connectivity index (χ1v) is 5.90. The van der Waals surface area contributed by atoms with Gasteiger partial charge in [-0.05, 0) is 41.8 Å². The third kappa shape index (κ3) is 2.03. The molecule has 1 aliphatic rings. The summed E-state index contributed by atoms with van der Waals surface area (Å²) in [6.07, 6.45) is 1.06. The first-order valence-electron chi connectivity index (χ1n) is 5.90. The second kappa shape index (κ2) is 4.21. The van der Waals surface area contributed by atoms with E-state index in [1.54, 1.807) is 0 Å². The minimum Gasteiger partial charge on any atom is -0.367 e. The molecule has 2 aromatic rings. The van der Waals surface area contributed by atoms with E-state index >= 15 is 0 Å². The first-order chi connectivity index (χ1) is 8.33. The minimum atomic E-state index is -0.175. The minimum absolute atomic E-state index is 0.175. The Morgan fingerprint density at radius 1 is 0.882 bits per heavy atom. The van der Waals surface area contributed by atoms with Crippen molar-refractivity contribution in [3.05, 3.63) is 65.5 Å². The summed E-state index contributed by atoms with van der Waals surface area (Å²) < 4.78 is 12.9. The summed E-state index contributed by atoms with van der Waals surface area (Å²) >= 11 is 0. The largest absolute Gasteiger partial charge is 0.367 e. The Balaban J connectivity index is 1.86. The number of fused-ring (bicyclic) bond motifs is 1. The van der Waals surface area contributed by atoms with Gasteiger partial charge in [0, 0.05) is 18.8 Å². The van der Waals surface area contributed by atoms with E-state index in [1.165, 1.54) is 23.3 Å². The molecule has 0 saturated carbocycles. The molecule has 0 atom stereocenters. The van der Waals surface area contributed by atoms with Gasteiger partial charge in [-0.1, -0.05) is 24.3 Å². The predicted molar refractivity (Wildman–Crippen MR) is 67.6 cm³/mol. The van der Waals surface area contributed by atoms with Crippen molar-refractivity contribution >= 4 is 5.69 Å². The fourth-order valence-electron chi connectivity index (χ4n) is 2.37. The predicted octanol–water partition coefficient (Wildman–Crippen LogP) is 3.39. The lowest BCUT2D eigenvalue weighted by Crippen LogP contribution is -2.30. The van der Waals surface area contributed by atoms with Gasteiger partial charge in [0.2, 0.25) is 0 Å². The third-order valence-electron chi connectivity index (χ3n) is 3.32. The summed E-state index contributed by atoms with van der Waals surface area (Å²) in [5.41, 5.74) is 3.91. The number of halogens is 1. The van der Waals surface area contributed by atoms with Crippen LogP contribution in [-0.4, -0.2) is 6.54 Å². The molecule has 0 radical (unpaired) electrons. The zero-order chi connectivity index (χ0) is 11.7. The van der Waals surface area contributed by atoms with Crippen LogP contribution in [0.5, 0.6) is 0 Å². The van der Waals surface area contributed by atoms with Gasteiger partial charge in [0.25, 0.3) is 0 Å². The highest BCUT2D eigenvalue weighted by molar-refractivity contribution is 5.49. The van der Waals surface area contributed by atoms with Crippen LogP contribution in [0.2, 0.25) is 0 Å². The van der Waals surface area contributed by atoms with E-state index in [0.29, 0.717) is 0 Å². The Morgan fingerprint density at radius 3 is 2.35 bits per heavy atom. The van der Waals surface area contributed by atoms with Crippen LogP contribution in [-0.2, 0) is 13.0 Å². The smallest absolute Gasteiger partial charge is 0.123 e. The van der Waals surface area contributed by atoms with E-state index in [4.69, 9.17) is 0 Å². The van der Waals surface area contributed by atoms with Crippen LogP contribution in [0.4, 0.5) is 10.1 Å². The van der Waals surface area contributed by atoms with Gasteiger partial charge >= 0.3 is 0 Å². The Bertz CT molecular complexity index is 519. The van der Waals surface area contributed by atoms with Crippen LogP contribution >= 0.6 is 0 Å². The topological polar surface area (TPSA) is 3.24 Å². The SMILES string of the molecule is Fc1ccc(N2CCc3ccccc3C2)cc1. The number of nitrogens with zero attached hydrogens (tertiary/aromatic N) is 1. The molecule has 0 saturated heterocycles. The van der Waals surface area contributed by atoms with Crippen molar-refractivity contribution in [2.75, 3.05) is 11.4 Å². The molecule has 0 fully saturated rings. The molecule has 0 unspecified atom stereocenters. The quantitative estimate of drug-likeness (QED) is 0.721. The highest BCUT2D eigenvalue weighted by Gasteiger charge is 2.15. The van der Waals surface area contributed by atoms with Crippen LogP contribution in [0.1, 0.15) is 11.1 Å². The molecule has 1 heterocycles. The average molecular weight is 227 g/mol. The van der Waals surface area contributed by atoms with Gasteiger partial charge in [0.1, 0.15) is 5.82 Å². The molecular formula is C15H14FN. The van der Waals surface area contributed by atoms with Crippen LogP contribution < -0.4 is 4.90 Å². The molecule has 0 N–H and O–H groups in total. The van der Waals surface area contributed by atoms with E-state index < -0.39 is 0 Å². The zero-order valence-electron chi connectivity index (χ0n) is 9.57. The molecule has 17 heavy (non-hydrogen) atoms. The lowest BCUT2D eigenvalue weighted by Gasteiger charge is -2.30. The van der Waals surface area contributed by atoms with Crippen molar-refractivity contribution in [1.29, 1.82) is 0 Å².